The van der Waals surface area contributed by atoms with Gasteiger partial charge in [-0.1, -0.05) is 0 Å². The Morgan fingerprint density at radius 2 is 1.41 bits per heavy atom. The SMILES string of the molecule is CC(Sc1ccc(NC(=O)c2ccc(F)cc2)cc1)C(=O)Nc1ccc(I)cc1. The lowest BCUT2D eigenvalue weighted by Crippen LogP contribution is -2.22. The molecule has 0 heterocycles. The summed E-state index contributed by atoms with van der Waals surface area (Å²) in [6, 6.07) is 20.2. The normalized spacial score (nSPS) is 11.6. The first-order valence-corrected chi connectivity index (χ1v) is 10.8. The Morgan fingerprint density at radius 3 is 2.03 bits per heavy atom. The van der Waals surface area contributed by atoms with Crippen LogP contribution in [0.3, 0.4) is 0 Å². The van der Waals surface area contributed by atoms with E-state index in [1.165, 1.54) is 36.0 Å². The van der Waals surface area contributed by atoms with E-state index in [1.54, 1.807) is 12.1 Å². The number of hydrogen-bond donors (Lipinski definition) is 2. The number of thioether (sulfide) groups is 1. The van der Waals surface area contributed by atoms with Crippen LogP contribution >= 0.6 is 34.4 Å². The van der Waals surface area contributed by atoms with Crippen molar-refractivity contribution in [2.45, 2.75) is 17.1 Å². The summed E-state index contributed by atoms with van der Waals surface area (Å²) < 4.78 is 14.1. The van der Waals surface area contributed by atoms with Gasteiger partial charge in [-0.3, -0.25) is 9.59 Å². The van der Waals surface area contributed by atoms with E-state index in [1.807, 2.05) is 43.3 Å². The number of hydrogen-bond acceptors (Lipinski definition) is 3. The van der Waals surface area contributed by atoms with Gasteiger partial charge in [-0.05, 0) is 102 Å². The second-order valence-corrected chi connectivity index (χ2v) is 8.90. The first-order valence-electron chi connectivity index (χ1n) is 8.81. The quantitative estimate of drug-likeness (QED) is 0.319. The molecule has 3 rings (SSSR count). The van der Waals surface area contributed by atoms with Crippen molar-refractivity contribution >= 4 is 57.5 Å². The zero-order valence-corrected chi connectivity index (χ0v) is 18.5. The molecule has 2 N–H and O–H groups in total. The van der Waals surface area contributed by atoms with E-state index in [0.717, 1.165) is 14.2 Å². The van der Waals surface area contributed by atoms with Crippen LogP contribution < -0.4 is 10.6 Å². The van der Waals surface area contributed by atoms with Gasteiger partial charge in [0.2, 0.25) is 5.91 Å². The molecule has 0 saturated heterocycles. The summed E-state index contributed by atoms with van der Waals surface area (Å²) in [7, 11) is 0. The highest BCUT2D eigenvalue weighted by atomic mass is 127. The van der Waals surface area contributed by atoms with Crippen LogP contribution in [0.1, 0.15) is 17.3 Å². The molecule has 0 fully saturated rings. The van der Waals surface area contributed by atoms with Gasteiger partial charge >= 0.3 is 0 Å². The Kier molecular flexibility index (Phi) is 7.27. The standard InChI is InChI=1S/C22H18FIN2O2S/c1-14(21(27)25-18-8-6-17(24)7-9-18)29-20-12-10-19(11-13-20)26-22(28)15-2-4-16(23)5-3-15/h2-14H,1H3,(H,25,27)(H,26,28). The summed E-state index contributed by atoms with van der Waals surface area (Å²) in [5, 5.41) is 5.39. The van der Waals surface area contributed by atoms with Crippen LogP contribution in [0.5, 0.6) is 0 Å². The molecule has 0 radical (unpaired) electrons. The molecule has 2 amide bonds. The predicted molar refractivity (Wildman–Crippen MR) is 124 cm³/mol. The highest BCUT2D eigenvalue weighted by molar-refractivity contribution is 14.1. The average Bonchev–Trinajstić information content (AvgIpc) is 2.71. The maximum atomic E-state index is 13.0. The van der Waals surface area contributed by atoms with Crippen molar-refractivity contribution in [3.63, 3.8) is 0 Å². The summed E-state index contributed by atoms with van der Waals surface area (Å²) in [5.74, 6) is -0.774. The predicted octanol–water partition coefficient (Wildman–Crippen LogP) is 5.80. The van der Waals surface area contributed by atoms with Crippen LogP contribution in [0.15, 0.2) is 77.7 Å². The molecule has 4 nitrogen and oxygen atoms in total. The van der Waals surface area contributed by atoms with E-state index in [-0.39, 0.29) is 22.9 Å². The van der Waals surface area contributed by atoms with Gasteiger partial charge in [-0.15, -0.1) is 11.8 Å². The lowest BCUT2D eigenvalue weighted by atomic mass is 10.2. The Morgan fingerprint density at radius 1 is 0.862 bits per heavy atom. The van der Waals surface area contributed by atoms with Crippen molar-refractivity contribution in [3.8, 4) is 0 Å². The van der Waals surface area contributed by atoms with Crippen molar-refractivity contribution in [1.82, 2.24) is 0 Å². The number of halogens is 2. The van der Waals surface area contributed by atoms with Gasteiger partial charge in [0.15, 0.2) is 0 Å². The molecular formula is C22H18FIN2O2S. The lowest BCUT2D eigenvalue weighted by Gasteiger charge is -2.13. The van der Waals surface area contributed by atoms with Gasteiger partial charge in [0.1, 0.15) is 5.82 Å². The van der Waals surface area contributed by atoms with Crippen LogP contribution in [0.2, 0.25) is 0 Å². The third kappa shape index (κ3) is 6.30. The molecule has 29 heavy (non-hydrogen) atoms. The summed E-state index contributed by atoms with van der Waals surface area (Å²) in [6.45, 7) is 1.84. The lowest BCUT2D eigenvalue weighted by molar-refractivity contribution is -0.115. The van der Waals surface area contributed by atoms with E-state index in [0.29, 0.717) is 11.3 Å². The topological polar surface area (TPSA) is 58.2 Å². The molecule has 0 saturated carbocycles. The van der Waals surface area contributed by atoms with E-state index in [4.69, 9.17) is 0 Å². The maximum Gasteiger partial charge on any atom is 0.255 e. The Hall–Kier alpha value is -2.39. The molecular weight excluding hydrogens is 502 g/mol. The van der Waals surface area contributed by atoms with E-state index < -0.39 is 0 Å². The van der Waals surface area contributed by atoms with Crippen molar-refractivity contribution in [2.24, 2.45) is 0 Å². The van der Waals surface area contributed by atoms with E-state index in [2.05, 4.69) is 33.2 Å². The number of carbonyl (C=O) groups excluding carboxylic acids is 2. The first-order chi connectivity index (χ1) is 13.9. The minimum atomic E-state index is -0.386. The molecule has 0 aromatic heterocycles. The summed E-state index contributed by atoms with van der Waals surface area (Å²) >= 11 is 3.65. The van der Waals surface area contributed by atoms with Gasteiger partial charge < -0.3 is 10.6 Å². The number of anilines is 2. The zero-order valence-electron chi connectivity index (χ0n) is 15.5. The summed E-state index contributed by atoms with van der Waals surface area (Å²) in [5.41, 5.74) is 1.77. The molecule has 148 valence electrons. The number of nitrogens with one attached hydrogen (secondary N) is 2. The van der Waals surface area contributed by atoms with Gasteiger partial charge in [0.05, 0.1) is 5.25 Å². The largest absolute Gasteiger partial charge is 0.325 e. The highest BCUT2D eigenvalue weighted by Crippen LogP contribution is 2.26. The smallest absolute Gasteiger partial charge is 0.255 e. The first kappa shape index (κ1) is 21.3. The van der Waals surface area contributed by atoms with Crippen LogP contribution in [0.4, 0.5) is 15.8 Å². The zero-order chi connectivity index (χ0) is 20.8. The fraction of sp³-hybridized carbons (Fsp3) is 0.0909. The molecule has 0 aliphatic rings. The van der Waals surface area contributed by atoms with E-state index in [9.17, 15) is 14.0 Å². The molecule has 7 heteroatoms. The van der Waals surface area contributed by atoms with Crippen LogP contribution in [0, 0.1) is 9.39 Å². The average molecular weight is 520 g/mol. The molecule has 0 aliphatic heterocycles. The van der Waals surface area contributed by atoms with Crippen molar-refractivity contribution < 1.29 is 14.0 Å². The van der Waals surface area contributed by atoms with Gasteiger partial charge in [0.25, 0.3) is 5.91 Å². The third-order valence-corrected chi connectivity index (χ3v) is 5.84. The van der Waals surface area contributed by atoms with Crippen LogP contribution in [-0.4, -0.2) is 17.1 Å². The molecule has 1 unspecified atom stereocenters. The molecule has 0 bridgehead atoms. The summed E-state index contributed by atoms with van der Waals surface area (Å²) in [6.07, 6.45) is 0. The minimum Gasteiger partial charge on any atom is -0.325 e. The maximum absolute atomic E-state index is 13.0. The van der Waals surface area contributed by atoms with Gasteiger partial charge in [0, 0.05) is 25.4 Å². The molecule has 3 aromatic rings. The third-order valence-electron chi connectivity index (χ3n) is 4.01. The fourth-order valence-electron chi connectivity index (χ4n) is 2.46. The van der Waals surface area contributed by atoms with Crippen LogP contribution in [0.25, 0.3) is 0 Å². The molecule has 0 spiro atoms. The number of rotatable bonds is 6. The van der Waals surface area contributed by atoms with Crippen molar-refractivity contribution in [1.29, 1.82) is 0 Å². The van der Waals surface area contributed by atoms with Crippen molar-refractivity contribution in [3.05, 3.63) is 87.7 Å². The Labute approximate surface area is 186 Å². The number of benzene rings is 3. The van der Waals surface area contributed by atoms with Crippen molar-refractivity contribution in [2.75, 3.05) is 10.6 Å². The second kappa shape index (κ2) is 9.89. The fourth-order valence-corrected chi connectivity index (χ4v) is 3.68. The Balaban J connectivity index is 1.55. The second-order valence-electron chi connectivity index (χ2n) is 6.24. The minimum absolute atomic E-state index is 0.0788. The highest BCUT2D eigenvalue weighted by Gasteiger charge is 2.15. The summed E-state index contributed by atoms with van der Waals surface area (Å²) in [4.78, 5) is 25.5. The number of carbonyl (C=O) groups is 2. The molecule has 3 aromatic carbocycles. The van der Waals surface area contributed by atoms with E-state index >= 15 is 0 Å². The Bertz CT molecular complexity index is 993. The number of amides is 2. The van der Waals surface area contributed by atoms with Crippen LogP contribution in [-0.2, 0) is 4.79 Å². The van der Waals surface area contributed by atoms with Gasteiger partial charge in [-0.2, -0.15) is 0 Å². The molecule has 0 aliphatic carbocycles. The molecule has 1 atom stereocenters. The van der Waals surface area contributed by atoms with Gasteiger partial charge in [-0.25, -0.2) is 4.39 Å². The monoisotopic (exact) mass is 520 g/mol.